The van der Waals surface area contributed by atoms with Crippen molar-refractivity contribution in [2.24, 2.45) is 0 Å². The molecular formula is C23H22N4O7. The monoisotopic (exact) mass is 466 g/mol. The Bertz CT molecular complexity index is 1140. The molecule has 0 spiro atoms. The maximum atomic E-state index is 12.7. The van der Waals surface area contributed by atoms with Gasteiger partial charge in [-0.2, -0.15) is 0 Å². The Balaban J connectivity index is 1.36. The molecule has 2 aromatic carbocycles. The first-order valence-corrected chi connectivity index (χ1v) is 10.7. The van der Waals surface area contributed by atoms with Crippen LogP contribution < -0.4 is 4.90 Å². The number of fused-ring (bicyclic) bond motifs is 1. The van der Waals surface area contributed by atoms with E-state index in [9.17, 15) is 34.4 Å². The van der Waals surface area contributed by atoms with E-state index in [-0.39, 0.29) is 35.6 Å². The van der Waals surface area contributed by atoms with E-state index in [1.807, 2.05) is 4.90 Å². The van der Waals surface area contributed by atoms with Crippen molar-refractivity contribution < 1.29 is 29.2 Å². The summed E-state index contributed by atoms with van der Waals surface area (Å²) in [5, 5.41) is 20.7. The fourth-order valence-electron chi connectivity index (χ4n) is 4.29. The van der Waals surface area contributed by atoms with Gasteiger partial charge >= 0.3 is 5.97 Å². The summed E-state index contributed by atoms with van der Waals surface area (Å²) < 4.78 is 0. The highest BCUT2D eigenvalue weighted by atomic mass is 16.6. The average Bonchev–Trinajstić information content (AvgIpc) is 3.09. The van der Waals surface area contributed by atoms with Crippen LogP contribution in [0.2, 0.25) is 0 Å². The Kier molecular flexibility index (Phi) is 6.26. The van der Waals surface area contributed by atoms with E-state index in [1.54, 1.807) is 29.2 Å². The van der Waals surface area contributed by atoms with Gasteiger partial charge < -0.3 is 14.9 Å². The minimum absolute atomic E-state index is 0.0103. The van der Waals surface area contributed by atoms with Crippen LogP contribution in [0.15, 0.2) is 48.5 Å². The Labute approximate surface area is 194 Å². The number of anilines is 1. The van der Waals surface area contributed by atoms with E-state index in [0.717, 1.165) is 4.90 Å². The number of hydrogen-bond donors (Lipinski definition) is 1. The number of nitro benzene ring substituents is 1. The van der Waals surface area contributed by atoms with Crippen LogP contribution in [0.1, 0.15) is 33.6 Å². The molecule has 2 aromatic rings. The van der Waals surface area contributed by atoms with Gasteiger partial charge in [0, 0.05) is 50.4 Å². The molecule has 0 saturated carbocycles. The van der Waals surface area contributed by atoms with E-state index < -0.39 is 28.7 Å². The van der Waals surface area contributed by atoms with Gasteiger partial charge in [-0.15, -0.1) is 0 Å². The van der Waals surface area contributed by atoms with E-state index in [4.69, 9.17) is 0 Å². The molecule has 34 heavy (non-hydrogen) atoms. The van der Waals surface area contributed by atoms with Gasteiger partial charge in [-0.25, -0.2) is 4.79 Å². The van der Waals surface area contributed by atoms with E-state index >= 15 is 0 Å². The molecular weight excluding hydrogens is 444 g/mol. The molecule has 2 heterocycles. The molecule has 11 heteroatoms. The summed E-state index contributed by atoms with van der Waals surface area (Å²) >= 11 is 0. The number of hydrogen-bond acceptors (Lipinski definition) is 7. The number of amides is 3. The second kappa shape index (κ2) is 9.30. The minimum Gasteiger partial charge on any atom is -0.480 e. The summed E-state index contributed by atoms with van der Waals surface area (Å²) in [6.07, 6.45) is -0.327. The third-order valence-corrected chi connectivity index (χ3v) is 6.09. The van der Waals surface area contributed by atoms with Gasteiger partial charge in [-0.1, -0.05) is 18.2 Å². The van der Waals surface area contributed by atoms with Gasteiger partial charge in [0.1, 0.15) is 6.04 Å². The predicted molar refractivity (Wildman–Crippen MR) is 119 cm³/mol. The molecule has 0 aliphatic carbocycles. The van der Waals surface area contributed by atoms with Gasteiger partial charge in [0.2, 0.25) is 5.91 Å². The minimum atomic E-state index is -1.44. The molecule has 0 radical (unpaired) electrons. The maximum absolute atomic E-state index is 12.7. The Morgan fingerprint density at radius 1 is 0.971 bits per heavy atom. The lowest BCUT2D eigenvalue weighted by Gasteiger charge is -2.36. The first-order chi connectivity index (χ1) is 16.3. The van der Waals surface area contributed by atoms with Crippen molar-refractivity contribution in [3.8, 4) is 0 Å². The highest BCUT2D eigenvalue weighted by molar-refractivity contribution is 6.22. The van der Waals surface area contributed by atoms with Crippen LogP contribution in [0.3, 0.4) is 0 Å². The van der Waals surface area contributed by atoms with E-state index in [0.29, 0.717) is 31.9 Å². The van der Waals surface area contributed by atoms with Crippen molar-refractivity contribution in [1.82, 2.24) is 9.80 Å². The topological polar surface area (TPSA) is 141 Å². The van der Waals surface area contributed by atoms with Gasteiger partial charge in [0.05, 0.1) is 16.1 Å². The third kappa shape index (κ3) is 4.32. The van der Waals surface area contributed by atoms with Gasteiger partial charge in [-0.05, 0) is 24.6 Å². The fraction of sp³-hybridized carbons (Fsp3) is 0.304. The summed E-state index contributed by atoms with van der Waals surface area (Å²) in [5.74, 6) is -2.98. The van der Waals surface area contributed by atoms with E-state index in [1.165, 1.54) is 24.3 Å². The molecule has 1 fully saturated rings. The van der Waals surface area contributed by atoms with Crippen molar-refractivity contribution in [3.05, 3.63) is 69.8 Å². The number of nitro groups is 1. The normalized spacial score (nSPS) is 16.4. The van der Waals surface area contributed by atoms with Crippen LogP contribution in [0.25, 0.3) is 0 Å². The number of benzene rings is 2. The second-order valence-electron chi connectivity index (χ2n) is 8.06. The van der Waals surface area contributed by atoms with Gasteiger partial charge in [-0.3, -0.25) is 29.4 Å². The first kappa shape index (κ1) is 22.9. The van der Waals surface area contributed by atoms with Crippen molar-refractivity contribution in [2.75, 3.05) is 31.1 Å². The molecule has 4 rings (SSSR count). The molecule has 3 amide bonds. The summed E-state index contributed by atoms with van der Waals surface area (Å²) in [6.45, 7) is 1.67. The maximum Gasteiger partial charge on any atom is 0.326 e. The highest BCUT2D eigenvalue weighted by Gasteiger charge is 2.42. The predicted octanol–water partition coefficient (Wildman–Crippen LogP) is 1.77. The fourth-order valence-corrected chi connectivity index (χ4v) is 4.29. The number of carboxylic acids is 1. The number of carboxylic acid groups (broad SMARTS) is 1. The van der Waals surface area contributed by atoms with Crippen LogP contribution in [0.5, 0.6) is 0 Å². The summed E-state index contributed by atoms with van der Waals surface area (Å²) in [7, 11) is 0. The molecule has 176 valence electrons. The summed E-state index contributed by atoms with van der Waals surface area (Å²) in [6, 6.07) is 11.0. The van der Waals surface area contributed by atoms with Gasteiger partial charge in [0.25, 0.3) is 17.5 Å². The zero-order chi connectivity index (χ0) is 24.4. The Morgan fingerprint density at radius 2 is 1.59 bits per heavy atom. The number of carbonyl (C=O) groups is 4. The average molecular weight is 466 g/mol. The highest BCUT2D eigenvalue weighted by Crippen LogP contribution is 2.27. The molecule has 1 N–H and O–H groups in total. The largest absolute Gasteiger partial charge is 0.480 e. The number of imide groups is 1. The molecule has 11 nitrogen and oxygen atoms in total. The lowest BCUT2D eigenvalue weighted by molar-refractivity contribution is -0.384. The van der Waals surface area contributed by atoms with Crippen molar-refractivity contribution in [1.29, 1.82) is 0 Å². The van der Waals surface area contributed by atoms with Crippen molar-refractivity contribution >= 4 is 35.1 Å². The third-order valence-electron chi connectivity index (χ3n) is 6.09. The van der Waals surface area contributed by atoms with E-state index in [2.05, 4.69) is 0 Å². The molecule has 0 aromatic heterocycles. The second-order valence-corrected chi connectivity index (χ2v) is 8.06. The molecule has 2 aliphatic rings. The molecule has 1 atom stereocenters. The number of carbonyl (C=O) groups excluding carboxylic acids is 3. The lowest BCUT2D eigenvalue weighted by atomic mass is 10.1. The standard InChI is InChI=1S/C23H22N4O7/c28-20(25-12-10-24(11-13-25)15-4-3-5-16(14-15)27(33)34)9-8-19(23(31)32)26-21(29)17-6-1-2-7-18(17)22(26)30/h1-7,14,19H,8-13H2,(H,31,32)/t19-/m0/s1. The number of piperazine rings is 1. The zero-order valence-electron chi connectivity index (χ0n) is 18.1. The van der Waals surface area contributed by atoms with Gasteiger partial charge in [0.15, 0.2) is 0 Å². The van der Waals surface area contributed by atoms with Crippen LogP contribution in [0.4, 0.5) is 11.4 Å². The quantitative estimate of drug-likeness (QED) is 0.370. The van der Waals surface area contributed by atoms with Crippen LogP contribution >= 0.6 is 0 Å². The molecule has 0 unspecified atom stereocenters. The number of aliphatic carboxylic acids is 1. The van der Waals surface area contributed by atoms with Crippen LogP contribution in [-0.2, 0) is 9.59 Å². The molecule has 1 saturated heterocycles. The smallest absolute Gasteiger partial charge is 0.326 e. The summed E-state index contributed by atoms with van der Waals surface area (Å²) in [4.78, 5) is 64.7. The summed E-state index contributed by atoms with van der Waals surface area (Å²) in [5.41, 5.74) is 0.992. The Hall–Kier alpha value is -4.28. The SMILES string of the molecule is O=C(O)[C@H](CCC(=O)N1CCN(c2cccc([N+](=O)[O-])c2)CC1)N1C(=O)c2ccccc2C1=O. The molecule has 2 aliphatic heterocycles. The van der Waals surface area contributed by atoms with Crippen molar-refractivity contribution in [3.63, 3.8) is 0 Å². The van der Waals surface area contributed by atoms with Crippen LogP contribution in [-0.4, -0.2) is 75.7 Å². The molecule has 0 bridgehead atoms. The first-order valence-electron chi connectivity index (χ1n) is 10.7. The number of non-ortho nitro benzene ring substituents is 1. The zero-order valence-corrected chi connectivity index (χ0v) is 18.1. The number of rotatable bonds is 7. The lowest BCUT2D eigenvalue weighted by Crippen LogP contribution is -2.49. The number of nitrogens with zero attached hydrogens (tertiary/aromatic N) is 4. The van der Waals surface area contributed by atoms with Crippen molar-refractivity contribution in [2.45, 2.75) is 18.9 Å². The Morgan fingerprint density at radius 3 is 2.15 bits per heavy atom. The van der Waals surface area contributed by atoms with Crippen LogP contribution in [0, 0.1) is 10.1 Å².